The van der Waals surface area contributed by atoms with Crippen LogP contribution >= 0.6 is 23.2 Å². The molecule has 166 valence electrons. The highest BCUT2D eigenvalue weighted by atomic mass is 35.5. The van der Waals surface area contributed by atoms with Gasteiger partial charge in [-0.25, -0.2) is 0 Å². The van der Waals surface area contributed by atoms with Crippen LogP contribution in [0.15, 0.2) is 34.7 Å². The van der Waals surface area contributed by atoms with E-state index in [9.17, 15) is 0 Å². The first-order chi connectivity index (χ1) is 14.8. The van der Waals surface area contributed by atoms with E-state index in [1.165, 1.54) is 5.56 Å². The SMILES string of the molecule is CC/C(=N\OCC(C)(C)CO/N=C1\CCCc2ccc(C)nc21)c1ncc(Cl)cc1Cl. The molecule has 0 aliphatic heterocycles. The molecule has 0 amide bonds. The van der Waals surface area contributed by atoms with Gasteiger partial charge in [-0.15, -0.1) is 0 Å². The topological polar surface area (TPSA) is 69.0 Å². The Bertz CT molecular complexity index is 990. The molecular weight excluding hydrogens is 435 g/mol. The Balaban J connectivity index is 1.59. The van der Waals surface area contributed by atoms with Crippen molar-refractivity contribution >= 4 is 34.6 Å². The van der Waals surface area contributed by atoms with E-state index in [0.717, 1.165) is 36.4 Å². The molecule has 0 unspecified atom stereocenters. The lowest BCUT2D eigenvalue weighted by Gasteiger charge is -2.22. The molecule has 0 saturated heterocycles. The van der Waals surface area contributed by atoms with E-state index in [4.69, 9.17) is 32.9 Å². The van der Waals surface area contributed by atoms with Crippen molar-refractivity contribution in [3.05, 3.63) is 57.1 Å². The number of rotatable bonds is 8. The van der Waals surface area contributed by atoms with Crippen LogP contribution in [-0.4, -0.2) is 34.6 Å². The minimum Gasteiger partial charge on any atom is -0.395 e. The van der Waals surface area contributed by atoms with Crippen molar-refractivity contribution in [3.63, 3.8) is 0 Å². The van der Waals surface area contributed by atoms with Gasteiger partial charge in [0.25, 0.3) is 0 Å². The number of hydrogen-bond donors (Lipinski definition) is 0. The normalized spacial score (nSPS) is 15.7. The fraction of sp³-hybridized carbons (Fsp3) is 0.478. The third-order valence-electron chi connectivity index (χ3n) is 4.93. The lowest BCUT2D eigenvalue weighted by molar-refractivity contribution is -0.000254. The van der Waals surface area contributed by atoms with Crippen molar-refractivity contribution in [1.82, 2.24) is 9.97 Å². The zero-order chi connectivity index (χ0) is 22.4. The maximum Gasteiger partial charge on any atom is 0.125 e. The molecule has 0 radical (unpaired) electrons. The van der Waals surface area contributed by atoms with Crippen LogP contribution < -0.4 is 0 Å². The third kappa shape index (κ3) is 6.40. The second-order valence-electron chi connectivity index (χ2n) is 8.44. The number of pyridine rings is 2. The van der Waals surface area contributed by atoms with Crippen LogP contribution in [0.1, 0.15) is 62.7 Å². The summed E-state index contributed by atoms with van der Waals surface area (Å²) in [7, 11) is 0. The molecule has 3 rings (SSSR count). The summed E-state index contributed by atoms with van der Waals surface area (Å²) in [5, 5.41) is 9.58. The van der Waals surface area contributed by atoms with Crippen molar-refractivity contribution < 1.29 is 9.68 Å². The summed E-state index contributed by atoms with van der Waals surface area (Å²) in [4.78, 5) is 20.2. The molecule has 2 heterocycles. The molecule has 0 spiro atoms. The first-order valence-electron chi connectivity index (χ1n) is 10.4. The lowest BCUT2D eigenvalue weighted by Crippen LogP contribution is -2.25. The molecule has 0 N–H and O–H groups in total. The number of aromatic nitrogens is 2. The minimum absolute atomic E-state index is 0.291. The molecule has 2 aromatic rings. The Morgan fingerprint density at radius 3 is 2.68 bits per heavy atom. The van der Waals surface area contributed by atoms with E-state index in [0.29, 0.717) is 41.1 Å². The first kappa shape index (κ1) is 23.5. The average Bonchev–Trinajstić information content (AvgIpc) is 2.72. The first-order valence-corrected chi connectivity index (χ1v) is 11.2. The molecule has 2 aromatic heterocycles. The molecule has 0 bridgehead atoms. The van der Waals surface area contributed by atoms with Crippen molar-refractivity contribution in [2.24, 2.45) is 15.7 Å². The second-order valence-corrected chi connectivity index (χ2v) is 9.28. The molecule has 1 aliphatic rings. The molecule has 0 fully saturated rings. The van der Waals surface area contributed by atoms with Crippen LogP contribution in [0.2, 0.25) is 10.0 Å². The van der Waals surface area contributed by atoms with Crippen molar-refractivity contribution in [3.8, 4) is 0 Å². The van der Waals surface area contributed by atoms with Gasteiger partial charge < -0.3 is 9.68 Å². The number of nitrogens with zero attached hydrogens (tertiary/aromatic N) is 4. The van der Waals surface area contributed by atoms with Crippen LogP contribution in [0.3, 0.4) is 0 Å². The third-order valence-corrected chi connectivity index (χ3v) is 5.42. The van der Waals surface area contributed by atoms with Gasteiger partial charge in [0.1, 0.15) is 30.3 Å². The van der Waals surface area contributed by atoms with Crippen LogP contribution in [-0.2, 0) is 16.1 Å². The van der Waals surface area contributed by atoms with Crippen LogP contribution in [0.25, 0.3) is 0 Å². The van der Waals surface area contributed by atoms with Crippen molar-refractivity contribution in [1.29, 1.82) is 0 Å². The molecule has 0 saturated carbocycles. The van der Waals surface area contributed by atoms with E-state index < -0.39 is 0 Å². The van der Waals surface area contributed by atoms with Gasteiger partial charge in [0.2, 0.25) is 0 Å². The van der Waals surface area contributed by atoms with E-state index >= 15 is 0 Å². The standard InChI is InChI=1S/C23H28Cl2N4O2/c1-5-19(22-18(25)11-17(24)12-26-22)28-30-13-23(3,4)14-31-29-20-8-6-7-16-10-9-15(2)27-21(16)20/h9-12H,5-8,13-14H2,1-4H3/b28-19+,29-20+. The fourth-order valence-electron chi connectivity index (χ4n) is 3.20. The highest BCUT2D eigenvalue weighted by Crippen LogP contribution is 2.23. The summed E-state index contributed by atoms with van der Waals surface area (Å²) in [6, 6.07) is 5.82. The van der Waals surface area contributed by atoms with Gasteiger partial charge >= 0.3 is 0 Å². The van der Waals surface area contributed by atoms with Gasteiger partial charge in [-0.3, -0.25) is 9.97 Å². The van der Waals surface area contributed by atoms with Gasteiger partial charge in [-0.2, -0.15) is 0 Å². The average molecular weight is 463 g/mol. The highest BCUT2D eigenvalue weighted by molar-refractivity contribution is 6.36. The maximum atomic E-state index is 6.24. The van der Waals surface area contributed by atoms with Gasteiger partial charge in [-0.05, 0) is 50.3 Å². The smallest absolute Gasteiger partial charge is 0.125 e. The quantitative estimate of drug-likeness (QED) is 0.355. The molecule has 0 atom stereocenters. The Morgan fingerprint density at radius 1 is 1.16 bits per heavy atom. The molecule has 6 nitrogen and oxygen atoms in total. The van der Waals surface area contributed by atoms with Gasteiger partial charge in [-0.1, -0.05) is 60.4 Å². The number of fused-ring (bicyclic) bond motifs is 1. The summed E-state index contributed by atoms with van der Waals surface area (Å²) in [6.45, 7) is 8.80. The van der Waals surface area contributed by atoms with Gasteiger partial charge in [0.15, 0.2) is 0 Å². The van der Waals surface area contributed by atoms with Crippen LogP contribution in [0.4, 0.5) is 0 Å². The summed E-state index contributed by atoms with van der Waals surface area (Å²) in [5.74, 6) is 0. The molecular formula is C23H28Cl2N4O2. The van der Waals surface area contributed by atoms with Gasteiger partial charge in [0.05, 0.1) is 15.7 Å². The van der Waals surface area contributed by atoms with Crippen LogP contribution in [0, 0.1) is 12.3 Å². The Kier molecular flexibility index (Phi) is 7.89. The number of oxime groups is 2. The summed E-state index contributed by atoms with van der Waals surface area (Å²) in [5.41, 5.74) is 5.05. The second kappa shape index (κ2) is 10.4. The number of aryl methyl sites for hydroxylation is 2. The summed E-state index contributed by atoms with van der Waals surface area (Å²) in [6.07, 6.45) is 5.14. The number of halogens is 2. The van der Waals surface area contributed by atoms with E-state index in [1.807, 2.05) is 33.8 Å². The van der Waals surface area contributed by atoms with E-state index in [1.54, 1.807) is 12.3 Å². The predicted octanol–water partition coefficient (Wildman–Crippen LogP) is 6.01. The van der Waals surface area contributed by atoms with Crippen molar-refractivity contribution in [2.75, 3.05) is 13.2 Å². The lowest BCUT2D eigenvalue weighted by atomic mass is 9.94. The summed E-state index contributed by atoms with van der Waals surface area (Å²) >= 11 is 12.2. The van der Waals surface area contributed by atoms with Crippen molar-refractivity contribution in [2.45, 2.75) is 53.4 Å². The maximum absolute atomic E-state index is 6.24. The summed E-state index contributed by atoms with van der Waals surface area (Å²) < 4.78 is 0. The number of hydrogen-bond acceptors (Lipinski definition) is 6. The Labute approximate surface area is 193 Å². The highest BCUT2D eigenvalue weighted by Gasteiger charge is 2.22. The minimum atomic E-state index is -0.291. The zero-order valence-corrected chi connectivity index (χ0v) is 19.9. The molecule has 1 aliphatic carbocycles. The molecule has 31 heavy (non-hydrogen) atoms. The predicted molar refractivity (Wildman–Crippen MR) is 125 cm³/mol. The molecule has 8 heteroatoms. The zero-order valence-electron chi connectivity index (χ0n) is 18.4. The van der Waals surface area contributed by atoms with E-state index in [2.05, 4.69) is 26.3 Å². The van der Waals surface area contributed by atoms with E-state index in [-0.39, 0.29) is 5.41 Å². The monoisotopic (exact) mass is 462 g/mol. The van der Waals surface area contributed by atoms with Crippen LogP contribution in [0.5, 0.6) is 0 Å². The Morgan fingerprint density at radius 2 is 1.94 bits per heavy atom. The molecule has 0 aromatic carbocycles. The fourth-order valence-corrected chi connectivity index (χ4v) is 3.69. The largest absolute Gasteiger partial charge is 0.395 e. The van der Waals surface area contributed by atoms with Gasteiger partial charge in [0, 0.05) is 17.3 Å². The Hall–Kier alpha value is -2.18.